The van der Waals surface area contributed by atoms with Crippen LogP contribution in [-0.4, -0.2) is 14.6 Å². The maximum absolute atomic E-state index is 5.58. The van der Waals surface area contributed by atoms with Crippen molar-refractivity contribution in [3.05, 3.63) is 41.8 Å². The fourth-order valence-corrected chi connectivity index (χ4v) is 1.71. The highest BCUT2D eigenvalue weighted by atomic mass is 16.3. The lowest BCUT2D eigenvalue weighted by molar-refractivity contribution is 0.544. The van der Waals surface area contributed by atoms with Gasteiger partial charge in [0.25, 0.3) is 0 Å². The van der Waals surface area contributed by atoms with Crippen LogP contribution in [0.3, 0.4) is 0 Å². The number of nitrogens with zero attached hydrogens (tertiary/aromatic N) is 3. The molecule has 0 amide bonds. The van der Waals surface area contributed by atoms with E-state index in [1.807, 2.05) is 37.4 Å². The van der Waals surface area contributed by atoms with E-state index >= 15 is 0 Å². The highest BCUT2D eigenvalue weighted by Gasteiger charge is 2.09. The lowest BCUT2D eigenvalue weighted by Gasteiger charge is -1.95. The highest BCUT2D eigenvalue weighted by Crippen LogP contribution is 2.19. The number of rotatable bonds is 2. The van der Waals surface area contributed by atoms with Crippen molar-refractivity contribution in [2.24, 2.45) is 5.73 Å². The minimum atomic E-state index is 0.491. The molecule has 0 aliphatic carbocycles. The van der Waals surface area contributed by atoms with Crippen molar-refractivity contribution in [1.82, 2.24) is 14.6 Å². The van der Waals surface area contributed by atoms with Gasteiger partial charge in [0.2, 0.25) is 5.82 Å². The second-order valence-electron chi connectivity index (χ2n) is 3.89. The average Bonchev–Trinajstić information content (AvgIpc) is 2.93. The van der Waals surface area contributed by atoms with E-state index in [0.717, 1.165) is 17.0 Å². The molecule has 3 aromatic heterocycles. The highest BCUT2D eigenvalue weighted by molar-refractivity contribution is 5.52. The Morgan fingerprint density at radius 3 is 2.88 bits per heavy atom. The van der Waals surface area contributed by atoms with E-state index in [1.165, 1.54) is 0 Å². The Morgan fingerprint density at radius 1 is 1.29 bits per heavy atom. The monoisotopic (exact) mass is 228 g/mol. The maximum atomic E-state index is 5.58. The summed E-state index contributed by atoms with van der Waals surface area (Å²) in [6.07, 6.45) is 1.88. The normalized spacial score (nSPS) is 11.2. The van der Waals surface area contributed by atoms with Gasteiger partial charge in [-0.1, -0.05) is 6.07 Å². The van der Waals surface area contributed by atoms with Crippen LogP contribution in [0, 0.1) is 6.92 Å². The van der Waals surface area contributed by atoms with Crippen molar-refractivity contribution in [1.29, 1.82) is 0 Å². The Balaban J connectivity index is 2.13. The van der Waals surface area contributed by atoms with Crippen LogP contribution in [0.4, 0.5) is 0 Å². The minimum Gasteiger partial charge on any atom is -0.458 e. The molecule has 3 aromatic rings. The molecule has 5 heteroatoms. The molecule has 0 atom stereocenters. The van der Waals surface area contributed by atoms with Crippen LogP contribution in [0.1, 0.15) is 11.3 Å². The summed E-state index contributed by atoms with van der Waals surface area (Å²) in [6, 6.07) is 7.61. The number of furan rings is 1. The first kappa shape index (κ1) is 10.0. The summed E-state index contributed by atoms with van der Waals surface area (Å²) in [5.74, 6) is 2.12. The van der Waals surface area contributed by atoms with Crippen molar-refractivity contribution < 1.29 is 4.42 Å². The number of nitrogens with two attached hydrogens (primary N) is 1. The van der Waals surface area contributed by atoms with Gasteiger partial charge in [-0.15, -0.1) is 5.10 Å². The SMILES string of the molecule is Cc1ccc(-c2nc3ccc(CN)cn3n2)o1. The Labute approximate surface area is 97.9 Å². The second-order valence-corrected chi connectivity index (χ2v) is 3.89. The van der Waals surface area contributed by atoms with Gasteiger partial charge >= 0.3 is 0 Å². The molecule has 17 heavy (non-hydrogen) atoms. The van der Waals surface area contributed by atoms with E-state index in [4.69, 9.17) is 10.2 Å². The van der Waals surface area contributed by atoms with E-state index in [2.05, 4.69) is 10.1 Å². The number of pyridine rings is 1. The van der Waals surface area contributed by atoms with E-state index in [-0.39, 0.29) is 0 Å². The summed E-state index contributed by atoms with van der Waals surface area (Å²) >= 11 is 0. The first-order valence-corrected chi connectivity index (χ1v) is 5.38. The number of fused-ring (bicyclic) bond motifs is 1. The number of aryl methyl sites for hydroxylation is 1. The zero-order chi connectivity index (χ0) is 11.8. The lowest BCUT2D eigenvalue weighted by Crippen LogP contribution is -1.98. The number of aromatic nitrogens is 3. The summed E-state index contributed by atoms with van der Waals surface area (Å²) in [5, 5.41) is 4.36. The maximum Gasteiger partial charge on any atom is 0.217 e. The average molecular weight is 228 g/mol. The topological polar surface area (TPSA) is 69.3 Å². The molecule has 0 saturated heterocycles. The van der Waals surface area contributed by atoms with E-state index < -0.39 is 0 Å². The molecule has 3 rings (SSSR count). The molecule has 0 aliphatic rings. The van der Waals surface area contributed by atoms with Gasteiger partial charge in [0.1, 0.15) is 5.76 Å². The molecule has 0 spiro atoms. The van der Waals surface area contributed by atoms with E-state index in [0.29, 0.717) is 18.1 Å². The summed E-state index contributed by atoms with van der Waals surface area (Å²) in [6.45, 7) is 2.39. The van der Waals surface area contributed by atoms with Crippen LogP contribution in [0.5, 0.6) is 0 Å². The van der Waals surface area contributed by atoms with Crippen LogP contribution in [0.2, 0.25) is 0 Å². The zero-order valence-electron chi connectivity index (χ0n) is 9.42. The largest absolute Gasteiger partial charge is 0.458 e. The quantitative estimate of drug-likeness (QED) is 0.725. The van der Waals surface area contributed by atoms with Crippen molar-refractivity contribution >= 4 is 5.65 Å². The molecular weight excluding hydrogens is 216 g/mol. The molecule has 0 radical (unpaired) electrons. The molecule has 5 nitrogen and oxygen atoms in total. The summed E-state index contributed by atoms with van der Waals surface area (Å²) in [7, 11) is 0. The van der Waals surface area contributed by atoms with E-state index in [9.17, 15) is 0 Å². The number of hydrogen-bond donors (Lipinski definition) is 1. The second kappa shape index (κ2) is 3.71. The first-order chi connectivity index (χ1) is 8.26. The summed E-state index contributed by atoms with van der Waals surface area (Å²) < 4.78 is 7.21. The van der Waals surface area contributed by atoms with Gasteiger partial charge in [0.05, 0.1) is 0 Å². The van der Waals surface area contributed by atoms with Crippen molar-refractivity contribution in [3.8, 4) is 11.6 Å². The zero-order valence-corrected chi connectivity index (χ0v) is 9.42. The Hall–Kier alpha value is -2.14. The van der Waals surface area contributed by atoms with Gasteiger partial charge < -0.3 is 10.2 Å². The third-order valence-electron chi connectivity index (χ3n) is 2.59. The number of hydrogen-bond acceptors (Lipinski definition) is 4. The lowest BCUT2D eigenvalue weighted by atomic mass is 10.3. The molecule has 0 fully saturated rings. The molecule has 2 N–H and O–H groups in total. The van der Waals surface area contributed by atoms with Gasteiger partial charge in [-0.05, 0) is 30.7 Å². The predicted molar refractivity (Wildman–Crippen MR) is 63.3 cm³/mol. The fraction of sp³-hybridized carbons (Fsp3) is 0.167. The van der Waals surface area contributed by atoms with Crippen LogP contribution in [0.15, 0.2) is 34.9 Å². The fourth-order valence-electron chi connectivity index (χ4n) is 1.71. The van der Waals surface area contributed by atoms with Gasteiger partial charge in [-0.25, -0.2) is 9.50 Å². The third kappa shape index (κ3) is 1.70. The van der Waals surface area contributed by atoms with Gasteiger partial charge in [0.15, 0.2) is 11.4 Å². The van der Waals surface area contributed by atoms with Gasteiger partial charge in [-0.2, -0.15) is 0 Å². The van der Waals surface area contributed by atoms with Gasteiger partial charge in [0, 0.05) is 12.7 Å². The minimum absolute atomic E-state index is 0.491. The van der Waals surface area contributed by atoms with Crippen LogP contribution in [0.25, 0.3) is 17.2 Å². The van der Waals surface area contributed by atoms with Crippen molar-refractivity contribution in [2.75, 3.05) is 0 Å². The first-order valence-electron chi connectivity index (χ1n) is 5.38. The Bertz CT molecular complexity index is 668. The molecular formula is C12H12N4O. The van der Waals surface area contributed by atoms with Crippen LogP contribution < -0.4 is 5.73 Å². The summed E-state index contributed by atoms with van der Waals surface area (Å²) in [5.41, 5.74) is 7.38. The Kier molecular flexibility index (Phi) is 2.19. The molecule has 0 unspecified atom stereocenters. The van der Waals surface area contributed by atoms with Crippen molar-refractivity contribution in [3.63, 3.8) is 0 Å². The Morgan fingerprint density at radius 2 is 2.18 bits per heavy atom. The predicted octanol–water partition coefficient (Wildman–Crippen LogP) is 1.76. The van der Waals surface area contributed by atoms with Crippen LogP contribution in [-0.2, 0) is 6.54 Å². The van der Waals surface area contributed by atoms with Crippen LogP contribution >= 0.6 is 0 Å². The molecule has 0 aliphatic heterocycles. The van der Waals surface area contributed by atoms with Crippen molar-refractivity contribution in [2.45, 2.75) is 13.5 Å². The molecule has 3 heterocycles. The summed E-state index contributed by atoms with van der Waals surface area (Å²) in [4.78, 5) is 4.39. The molecule has 0 saturated carbocycles. The smallest absolute Gasteiger partial charge is 0.217 e. The van der Waals surface area contributed by atoms with E-state index in [1.54, 1.807) is 4.52 Å². The molecule has 86 valence electrons. The third-order valence-corrected chi connectivity index (χ3v) is 2.59. The van der Waals surface area contributed by atoms with Gasteiger partial charge in [-0.3, -0.25) is 0 Å². The standard InChI is InChI=1S/C12H12N4O/c1-8-2-4-10(17-8)12-14-11-5-3-9(6-13)7-16(11)15-12/h2-5,7H,6,13H2,1H3. The molecule has 0 bridgehead atoms. The molecule has 0 aromatic carbocycles.